The molecule has 0 radical (unpaired) electrons. The molecule has 1 aromatic heterocycles. The van der Waals surface area contributed by atoms with Crippen LogP contribution in [-0.4, -0.2) is 46.3 Å². The molecule has 1 unspecified atom stereocenters. The predicted molar refractivity (Wildman–Crippen MR) is 81.0 cm³/mol. The summed E-state index contributed by atoms with van der Waals surface area (Å²) in [4.78, 5) is 22.0. The van der Waals surface area contributed by atoms with Gasteiger partial charge in [-0.1, -0.05) is 11.6 Å². The van der Waals surface area contributed by atoms with Crippen molar-refractivity contribution in [1.29, 1.82) is 0 Å². The Kier molecular flexibility index (Phi) is 4.97. The fourth-order valence-corrected chi connectivity index (χ4v) is 3.03. The first-order chi connectivity index (χ1) is 10.7. The van der Waals surface area contributed by atoms with Crippen LogP contribution in [0.25, 0.3) is 0 Å². The molecule has 0 aromatic carbocycles. The second-order valence-electron chi connectivity index (χ2n) is 5.80. The number of piperidine rings is 1. The average Bonchev–Trinajstić information content (AvgIpc) is 3.03. The van der Waals surface area contributed by atoms with Gasteiger partial charge in [-0.25, -0.2) is 14.8 Å². The number of aromatic nitrogens is 2. The lowest BCUT2D eigenvalue weighted by atomic mass is 10.1. The van der Waals surface area contributed by atoms with Crippen molar-refractivity contribution in [2.24, 2.45) is 0 Å². The highest BCUT2D eigenvalue weighted by molar-refractivity contribution is 6.30. The normalized spacial score (nSPS) is 22.6. The summed E-state index contributed by atoms with van der Waals surface area (Å²) in [6.07, 6.45) is 8.79. The van der Waals surface area contributed by atoms with E-state index in [1.165, 1.54) is 12.4 Å². The molecule has 0 bridgehead atoms. The van der Waals surface area contributed by atoms with Crippen LogP contribution in [0.15, 0.2) is 12.4 Å². The number of hydrogen-bond acceptors (Lipinski definition) is 5. The van der Waals surface area contributed by atoms with E-state index in [2.05, 4.69) is 9.97 Å². The van der Waals surface area contributed by atoms with E-state index in [-0.39, 0.29) is 18.3 Å². The number of amides is 1. The topological polar surface area (TPSA) is 64.5 Å². The van der Waals surface area contributed by atoms with Gasteiger partial charge in [0.2, 0.25) is 0 Å². The van der Waals surface area contributed by atoms with Gasteiger partial charge in [-0.2, -0.15) is 0 Å². The third-order valence-corrected chi connectivity index (χ3v) is 4.27. The SMILES string of the molecule is O=C(OC1CCCC1)N1CCCC(Oc2ncc(Cl)cn2)C1. The van der Waals surface area contributed by atoms with Crippen molar-refractivity contribution in [3.05, 3.63) is 17.4 Å². The lowest BCUT2D eigenvalue weighted by Crippen LogP contribution is -2.45. The Balaban J connectivity index is 1.52. The summed E-state index contributed by atoms with van der Waals surface area (Å²) in [6.45, 7) is 1.23. The second-order valence-corrected chi connectivity index (χ2v) is 6.24. The van der Waals surface area contributed by atoms with Gasteiger partial charge in [0.15, 0.2) is 0 Å². The molecule has 1 aliphatic heterocycles. The Morgan fingerprint density at radius 2 is 1.82 bits per heavy atom. The number of nitrogens with zero attached hydrogens (tertiary/aromatic N) is 3. The molecular weight excluding hydrogens is 306 g/mol. The molecule has 2 heterocycles. The molecule has 1 atom stereocenters. The standard InChI is InChI=1S/C15H20ClN3O3/c16-11-8-17-14(18-9-11)21-13-6-3-7-19(10-13)15(20)22-12-4-1-2-5-12/h8-9,12-13H,1-7,10H2. The molecule has 3 rings (SSSR count). The summed E-state index contributed by atoms with van der Waals surface area (Å²) in [5.41, 5.74) is 0. The van der Waals surface area contributed by atoms with Crippen LogP contribution in [0, 0.1) is 0 Å². The van der Waals surface area contributed by atoms with Crippen LogP contribution in [0.4, 0.5) is 4.79 Å². The zero-order valence-corrected chi connectivity index (χ0v) is 13.2. The number of halogens is 1. The summed E-state index contributed by atoms with van der Waals surface area (Å²) in [5, 5.41) is 0.470. The van der Waals surface area contributed by atoms with Gasteiger partial charge < -0.3 is 14.4 Å². The lowest BCUT2D eigenvalue weighted by Gasteiger charge is -2.32. The predicted octanol–water partition coefficient (Wildman–Crippen LogP) is 3.05. The van der Waals surface area contributed by atoms with Gasteiger partial charge in [-0.05, 0) is 38.5 Å². The van der Waals surface area contributed by atoms with E-state index in [1.54, 1.807) is 4.90 Å². The number of hydrogen-bond donors (Lipinski definition) is 0. The molecule has 1 aliphatic carbocycles. The average molecular weight is 326 g/mol. The molecule has 1 aromatic rings. The van der Waals surface area contributed by atoms with Gasteiger partial charge in [0.1, 0.15) is 12.2 Å². The van der Waals surface area contributed by atoms with Crippen LogP contribution in [0.3, 0.4) is 0 Å². The van der Waals surface area contributed by atoms with Gasteiger partial charge in [0, 0.05) is 6.54 Å². The zero-order valence-electron chi connectivity index (χ0n) is 12.4. The van der Waals surface area contributed by atoms with Crippen LogP contribution in [0.1, 0.15) is 38.5 Å². The molecule has 1 amide bonds. The Bertz CT molecular complexity index is 505. The first kappa shape index (κ1) is 15.3. The van der Waals surface area contributed by atoms with Gasteiger partial charge in [-0.15, -0.1) is 0 Å². The van der Waals surface area contributed by atoms with Crippen LogP contribution in [0.5, 0.6) is 6.01 Å². The molecule has 1 saturated heterocycles. The molecule has 0 spiro atoms. The third kappa shape index (κ3) is 4.00. The van der Waals surface area contributed by atoms with E-state index >= 15 is 0 Å². The van der Waals surface area contributed by atoms with Crippen molar-refractivity contribution in [1.82, 2.24) is 14.9 Å². The third-order valence-electron chi connectivity index (χ3n) is 4.07. The maximum atomic E-state index is 12.2. The smallest absolute Gasteiger partial charge is 0.410 e. The number of likely N-dealkylation sites (tertiary alicyclic amines) is 1. The van der Waals surface area contributed by atoms with E-state index in [1.807, 2.05) is 0 Å². The van der Waals surface area contributed by atoms with E-state index in [0.717, 1.165) is 38.5 Å². The van der Waals surface area contributed by atoms with Gasteiger partial charge in [-0.3, -0.25) is 0 Å². The first-order valence-corrected chi connectivity index (χ1v) is 8.18. The minimum atomic E-state index is -0.225. The number of rotatable bonds is 3. The number of carbonyl (C=O) groups excluding carboxylic acids is 1. The fraction of sp³-hybridized carbons (Fsp3) is 0.667. The van der Waals surface area contributed by atoms with Crippen molar-refractivity contribution in [2.45, 2.75) is 50.7 Å². The quantitative estimate of drug-likeness (QED) is 0.854. The van der Waals surface area contributed by atoms with Gasteiger partial charge in [0.25, 0.3) is 0 Å². The van der Waals surface area contributed by atoms with Crippen LogP contribution in [0.2, 0.25) is 5.02 Å². The number of ether oxygens (including phenoxy) is 2. The summed E-state index contributed by atoms with van der Waals surface area (Å²) < 4.78 is 11.3. The number of carbonyl (C=O) groups is 1. The monoisotopic (exact) mass is 325 g/mol. The minimum absolute atomic E-state index is 0.0911. The largest absolute Gasteiger partial charge is 0.458 e. The summed E-state index contributed by atoms with van der Waals surface area (Å²) in [5.74, 6) is 0. The molecule has 2 aliphatic rings. The molecular formula is C15H20ClN3O3. The molecule has 1 saturated carbocycles. The summed E-state index contributed by atoms with van der Waals surface area (Å²) >= 11 is 5.75. The van der Waals surface area contributed by atoms with Gasteiger partial charge in [0.05, 0.1) is 24.0 Å². The van der Waals surface area contributed by atoms with E-state index in [9.17, 15) is 4.79 Å². The van der Waals surface area contributed by atoms with E-state index in [4.69, 9.17) is 21.1 Å². The van der Waals surface area contributed by atoms with Crippen LogP contribution < -0.4 is 4.74 Å². The van der Waals surface area contributed by atoms with E-state index < -0.39 is 0 Å². The Labute approximate surface area is 134 Å². The van der Waals surface area contributed by atoms with Crippen molar-refractivity contribution in [3.63, 3.8) is 0 Å². The highest BCUT2D eigenvalue weighted by atomic mass is 35.5. The zero-order chi connectivity index (χ0) is 15.4. The second kappa shape index (κ2) is 7.13. The molecule has 6 nitrogen and oxygen atoms in total. The lowest BCUT2D eigenvalue weighted by molar-refractivity contribution is 0.0347. The Hall–Kier alpha value is -1.56. The van der Waals surface area contributed by atoms with Gasteiger partial charge >= 0.3 is 12.1 Å². The fourth-order valence-electron chi connectivity index (χ4n) is 2.93. The Morgan fingerprint density at radius 1 is 1.14 bits per heavy atom. The molecule has 22 heavy (non-hydrogen) atoms. The summed E-state index contributed by atoms with van der Waals surface area (Å²) in [6, 6.07) is 0.292. The molecule has 0 N–H and O–H groups in total. The van der Waals surface area contributed by atoms with Crippen molar-refractivity contribution in [3.8, 4) is 6.01 Å². The maximum absolute atomic E-state index is 12.2. The highest BCUT2D eigenvalue weighted by Gasteiger charge is 2.28. The van der Waals surface area contributed by atoms with Crippen molar-refractivity contribution in [2.75, 3.05) is 13.1 Å². The van der Waals surface area contributed by atoms with Crippen molar-refractivity contribution >= 4 is 17.7 Å². The molecule has 120 valence electrons. The summed E-state index contributed by atoms with van der Waals surface area (Å²) in [7, 11) is 0. The Morgan fingerprint density at radius 3 is 2.55 bits per heavy atom. The highest BCUT2D eigenvalue weighted by Crippen LogP contribution is 2.23. The minimum Gasteiger partial charge on any atom is -0.458 e. The molecule has 7 heteroatoms. The van der Waals surface area contributed by atoms with Crippen LogP contribution >= 0.6 is 11.6 Å². The van der Waals surface area contributed by atoms with Crippen molar-refractivity contribution < 1.29 is 14.3 Å². The maximum Gasteiger partial charge on any atom is 0.410 e. The van der Waals surface area contributed by atoms with Crippen LogP contribution in [-0.2, 0) is 4.74 Å². The molecule has 2 fully saturated rings. The van der Waals surface area contributed by atoms with E-state index in [0.29, 0.717) is 24.1 Å². The first-order valence-electron chi connectivity index (χ1n) is 7.80.